The fraction of sp³-hybridized carbons (Fsp3) is 0.500. The molecule has 0 bridgehead atoms. The first-order valence-corrected chi connectivity index (χ1v) is 12.8. The molecule has 1 saturated carbocycles. The van der Waals surface area contributed by atoms with Crippen LogP contribution in [0.2, 0.25) is 0 Å². The third-order valence-electron chi connectivity index (χ3n) is 7.26. The van der Waals surface area contributed by atoms with E-state index in [1.807, 2.05) is 45.8 Å². The fourth-order valence-corrected chi connectivity index (χ4v) is 5.00. The van der Waals surface area contributed by atoms with Gasteiger partial charge in [-0.25, -0.2) is 9.50 Å². The molecular weight excluding hydrogens is 424 g/mol. The van der Waals surface area contributed by atoms with Crippen LogP contribution in [0.4, 0.5) is 0 Å². The van der Waals surface area contributed by atoms with Gasteiger partial charge in [0.15, 0.2) is 5.65 Å². The molecule has 1 aliphatic heterocycles. The lowest BCUT2D eigenvalue weighted by Crippen LogP contribution is -2.38. The van der Waals surface area contributed by atoms with Crippen LogP contribution in [0.25, 0.3) is 16.9 Å². The summed E-state index contributed by atoms with van der Waals surface area (Å²) >= 11 is 0. The second-order valence-electron chi connectivity index (χ2n) is 10.0. The second-order valence-corrected chi connectivity index (χ2v) is 10.0. The summed E-state index contributed by atoms with van der Waals surface area (Å²) in [7, 11) is 0. The van der Waals surface area contributed by atoms with Crippen LogP contribution in [0.5, 0.6) is 0 Å². The molecular formula is C28H34N4O2. The van der Waals surface area contributed by atoms with Crippen molar-refractivity contribution in [2.45, 2.75) is 77.7 Å². The summed E-state index contributed by atoms with van der Waals surface area (Å²) in [6.07, 6.45) is 8.86. The molecule has 34 heavy (non-hydrogen) atoms. The zero-order valence-electron chi connectivity index (χ0n) is 20.3. The topological polar surface area (TPSA) is 67.6 Å². The minimum atomic E-state index is 0.0227. The van der Waals surface area contributed by atoms with Crippen molar-refractivity contribution in [3.8, 4) is 11.3 Å². The number of amides is 1. The van der Waals surface area contributed by atoms with E-state index in [1.54, 1.807) is 0 Å². The Morgan fingerprint density at radius 2 is 1.82 bits per heavy atom. The van der Waals surface area contributed by atoms with Gasteiger partial charge in [-0.1, -0.05) is 44.0 Å². The van der Waals surface area contributed by atoms with Crippen molar-refractivity contribution in [3.05, 3.63) is 53.3 Å². The number of carbonyl (C=O) groups excluding carboxylic acids is 2. The summed E-state index contributed by atoms with van der Waals surface area (Å²) in [5.74, 6) is 0.981. The molecule has 6 heteroatoms. The van der Waals surface area contributed by atoms with Crippen molar-refractivity contribution in [3.63, 3.8) is 0 Å². The summed E-state index contributed by atoms with van der Waals surface area (Å²) < 4.78 is 1.85. The highest BCUT2D eigenvalue weighted by Gasteiger charge is 2.26. The van der Waals surface area contributed by atoms with E-state index >= 15 is 0 Å². The molecule has 178 valence electrons. The molecule has 6 nitrogen and oxygen atoms in total. The van der Waals surface area contributed by atoms with E-state index in [0.29, 0.717) is 29.5 Å². The lowest BCUT2D eigenvalue weighted by atomic mass is 10.0. The molecule has 1 aliphatic carbocycles. The van der Waals surface area contributed by atoms with Crippen LogP contribution in [-0.4, -0.2) is 43.8 Å². The number of aromatic nitrogens is 3. The summed E-state index contributed by atoms with van der Waals surface area (Å²) in [6.45, 7) is 5.02. The van der Waals surface area contributed by atoms with Gasteiger partial charge in [-0.2, -0.15) is 5.10 Å². The number of benzene rings is 1. The summed E-state index contributed by atoms with van der Waals surface area (Å²) in [5, 5.41) is 4.80. The number of hydrogen-bond acceptors (Lipinski definition) is 4. The van der Waals surface area contributed by atoms with Gasteiger partial charge in [-0.3, -0.25) is 9.59 Å². The molecule has 1 amide bonds. The molecule has 3 aromatic rings. The number of Topliss-reactive ketones (excluding diaryl/α,β-unsaturated/α-hetero) is 1. The lowest BCUT2D eigenvalue weighted by molar-refractivity contribution is -0.118. The molecule has 1 saturated heterocycles. The van der Waals surface area contributed by atoms with Gasteiger partial charge in [-0.05, 0) is 56.6 Å². The van der Waals surface area contributed by atoms with Gasteiger partial charge >= 0.3 is 0 Å². The van der Waals surface area contributed by atoms with Crippen LogP contribution in [0.1, 0.15) is 80.5 Å². The molecule has 3 heterocycles. The molecule has 0 spiro atoms. The Balaban J connectivity index is 1.39. The monoisotopic (exact) mass is 458 g/mol. The van der Waals surface area contributed by atoms with E-state index < -0.39 is 0 Å². The average molecular weight is 459 g/mol. The van der Waals surface area contributed by atoms with Crippen LogP contribution >= 0.6 is 0 Å². The third-order valence-corrected chi connectivity index (χ3v) is 7.26. The average Bonchev–Trinajstić information content (AvgIpc) is 3.58. The van der Waals surface area contributed by atoms with E-state index in [9.17, 15) is 9.59 Å². The number of hydrogen-bond donors (Lipinski definition) is 0. The molecule has 1 unspecified atom stereocenters. The standard InChI is InChI=1S/C28H34N4O2/c1-3-23-17-26(28(34)31-14-6-4-5-7-19(31)2)29-27-18-25(30-32(23)27)22-12-10-21(11-13-22)16-24(33)15-20-8-9-20/h10-13,17-20H,3-9,14-16H2,1-2H3. The number of rotatable bonds is 7. The van der Waals surface area contributed by atoms with Crippen LogP contribution in [0.3, 0.4) is 0 Å². The van der Waals surface area contributed by atoms with Crippen molar-refractivity contribution < 1.29 is 9.59 Å². The third kappa shape index (κ3) is 4.91. The van der Waals surface area contributed by atoms with Gasteiger partial charge in [-0.15, -0.1) is 0 Å². The molecule has 0 radical (unpaired) electrons. The van der Waals surface area contributed by atoms with Crippen molar-refractivity contribution in [2.75, 3.05) is 6.54 Å². The Kier molecular flexibility index (Phi) is 6.48. The van der Waals surface area contributed by atoms with Gasteiger partial charge in [0, 0.05) is 42.8 Å². The van der Waals surface area contributed by atoms with Crippen LogP contribution in [0, 0.1) is 5.92 Å². The number of carbonyl (C=O) groups is 2. The fourth-order valence-electron chi connectivity index (χ4n) is 5.00. The normalized spacial score (nSPS) is 18.8. The first-order chi connectivity index (χ1) is 16.5. The second kappa shape index (κ2) is 9.69. The number of fused-ring (bicyclic) bond motifs is 1. The largest absolute Gasteiger partial charge is 0.335 e. The van der Waals surface area contributed by atoms with Crippen molar-refractivity contribution in [2.24, 2.45) is 5.92 Å². The van der Waals surface area contributed by atoms with Crippen molar-refractivity contribution in [1.29, 1.82) is 0 Å². The first-order valence-electron chi connectivity index (χ1n) is 12.8. The Bertz CT molecular complexity index is 1190. The Morgan fingerprint density at radius 3 is 2.56 bits per heavy atom. The minimum Gasteiger partial charge on any atom is -0.335 e. The summed E-state index contributed by atoms with van der Waals surface area (Å²) in [4.78, 5) is 32.3. The van der Waals surface area contributed by atoms with Crippen LogP contribution in [0.15, 0.2) is 36.4 Å². The molecule has 1 atom stereocenters. The van der Waals surface area contributed by atoms with Gasteiger partial charge in [0.05, 0.1) is 5.69 Å². The highest BCUT2D eigenvalue weighted by Crippen LogP contribution is 2.33. The zero-order chi connectivity index (χ0) is 23.7. The van der Waals surface area contributed by atoms with E-state index in [-0.39, 0.29) is 11.9 Å². The molecule has 0 N–H and O–H groups in total. The Morgan fingerprint density at radius 1 is 1.03 bits per heavy atom. The quantitative estimate of drug-likeness (QED) is 0.483. The zero-order valence-corrected chi connectivity index (χ0v) is 20.3. The predicted molar refractivity (Wildman–Crippen MR) is 133 cm³/mol. The molecule has 2 aliphatic rings. The van der Waals surface area contributed by atoms with Gasteiger partial charge in [0.2, 0.25) is 0 Å². The molecule has 1 aromatic carbocycles. The predicted octanol–water partition coefficient (Wildman–Crippen LogP) is 5.28. The van der Waals surface area contributed by atoms with E-state index in [0.717, 1.165) is 54.7 Å². The summed E-state index contributed by atoms with van der Waals surface area (Å²) in [6, 6.07) is 12.2. The van der Waals surface area contributed by atoms with E-state index in [2.05, 4.69) is 13.8 Å². The van der Waals surface area contributed by atoms with Crippen molar-refractivity contribution in [1.82, 2.24) is 19.5 Å². The van der Waals surface area contributed by atoms with Gasteiger partial charge in [0.1, 0.15) is 11.5 Å². The van der Waals surface area contributed by atoms with Crippen LogP contribution < -0.4 is 0 Å². The summed E-state index contributed by atoms with van der Waals surface area (Å²) in [5.41, 5.74) is 5.04. The Hall–Kier alpha value is -3.02. The molecule has 5 rings (SSSR count). The minimum absolute atomic E-state index is 0.0227. The van der Waals surface area contributed by atoms with Crippen LogP contribution in [-0.2, 0) is 17.6 Å². The molecule has 2 fully saturated rings. The van der Waals surface area contributed by atoms with Crippen molar-refractivity contribution >= 4 is 17.3 Å². The van der Waals surface area contributed by atoms with Gasteiger partial charge < -0.3 is 4.90 Å². The highest BCUT2D eigenvalue weighted by molar-refractivity contribution is 5.93. The maximum absolute atomic E-state index is 13.4. The number of nitrogens with zero attached hydrogens (tertiary/aromatic N) is 4. The SMILES string of the molecule is CCc1cc(C(=O)N2CCCCCC2C)nc2cc(-c3ccc(CC(=O)CC4CC4)cc3)nn12. The van der Waals surface area contributed by atoms with Gasteiger partial charge in [0.25, 0.3) is 5.91 Å². The highest BCUT2D eigenvalue weighted by atomic mass is 16.2. The first kappa shape index (κ1) is 22.8. The number of aryl methyl sites for hydroxylation is 1. The van der Waals surface area contributed by atoms with E-state index in [1.165, 1.54) is 25.7 Å². The smallest absolute Gasteiger partial charge is 0.272 e. The number of ketones is 1. The number of likely N-dealkylation sites (tertiary alicyclic amines) is 1. The van der Waals surface area contributed by atoms with E-state index in [4.69, 9.17) is 10.1 Å². The lowest BCUT2D eigenvalue weighted by Gasteiger charge is -2.27. The maximum Gasteiger partial charge on any atom is 0.272 e. The maximum atomic E-state index is 13.4. The Labute approximate surface area is 201 Å². The molecule has 2 aromatic heterocycles.